The molecule has 2 heterocycles. The topological polar surface area (TPSA) is 52.1 Å². The van der Waals surface area contributed by atoms with Crippen LogP contribution in [0.2, 0.25) is 0 Å². The highest BCUT2D eigenvalue weighted by Gasteiger charge is 2.33. The molecule has 0 bridgehead atoms. The molecule has 4 nitrogen and oxygen atoms in total. The zero-order valence-corrected chi connectivity index (χ0v) is 11.4. The predicted molar refractivity (Wildman–Crippen MR) is 71.1 cm³/mol. The van der Waals surface area contributed by atoms with Crippen LogP contribution in [0.5, 0.6) is 0 Å². The monoisotopic (exact) mass is 260 g/mol. The lowest BCUT2D eigenvalue weighted by molar-refractivity contribution is -0.0761. The smallest absolute Gasteiger partial charge is 0.166 e. The van der Waals surface area contributed by atoms with Crippen molar-refractivity contribution in [2.45, 2.75) is 57.5 Å². The molecule has 3 rings (SSSR count). The van der Waals surface area contributed by atoms with Gasteiger partial charge in [0.05, 0.1) is 11.3 Å². The first-order valence-electron chi connectivity index (χ1n) is 7.23. The van der Waals surface area contributed by atoms with E-state index in [2.05, 4.69) is 16.9 Å². The summed E-state index contributed by atoms with van der Waals surface area (Å²) >= 11 is 0. The molecule has 1 saturated heterocycles. The summed E-state index contributed by atoms with van der Waals surface area (Å²) in [6.07, 6.45) is 8.43. The standard InChI is InChI=1S/C15H20N2O2/c1-15(8-4-5-9-19-15)14-16-10-11-12(17-14)6-2-3-7-13(11)18/h10H,2-9H2,1H3. The predicted octanol–water partition coefficient (Wildman–Crippen LogP) is 2.80. The van der Waals surface area contributed by atoms with Crippen LogP contribution in [0.1, 0.15) is 67.3 Å². The van der Waals surface area contributed by atoms with E-state index in [1.165, 1.54) is 0 Å². The van der Waals surface area contributed by atoms with Gasteiger partial charge in [0.25, 0.3) is 0 Å². The SMILES string of the molecule is CC1(c2ncc3c(n2)CCCCC3=O)CCCCO1. The molecule has 1 fully saturated rings. The van der Waals surface area contributed by atoms with Gasteiger partial charge in [0.15, 0.2) is 11.6 Å². The number of fused-ring (bicyclic) bond motifs is 1. The maximum absolute atomic E-state index is 12.0. The van der Waals surface area contributed by atoms with Crippen LogP contribution in [-0.4, -0.2) is 22.4 Å². The Hall–Kier alpha value is -1.29. The van der Waals surface area contributed by atoms with Crippen molar-refractivity contribution in [1.82, 2.24) is 9.97 Å². The molecular weight excluding hydrogens is 240 g/mol. The summed E-state index contributed by atoms with van der Waals surface area (Å²) in [6, 6.07) is 0. The molecule has 0 spiro atoms. The number of carbonyl (C=O) groups is 1. The number of hydrogen-bond acceptors (Lipinski definition) is 4. The molecule has 1 aromatic heterocycles. The van der Waals surface area contributed by atoms with Gasteiger partial charge in [-0.3, -0.25) is 4.79 Å². The van der Waals surface area contributed by atoms with Gasteiger partial charge < -0.3 is 4.74 Å². The van der Waals surface area contributed by atoms with E-state index in [4.69, 9.17) is 4.74 Å². The number of ether oxygens (including phenoxy) is 1. The summed E-state index contributed by atoms with van der Waals surface area (Å²) < 4.78 is 5.89. The van der Waals surface area contributed by atoms with E-state index >= 15 is 0 Å². The number of ketones is 1. The Morgan fingerprint density at radius 3 is 2.84 bits per heavy atom. The van der Waals surface area contributed by atoms with E-state index < -0.39 is 0 Å². The summed E-state index contributed by atoms with van der Waals surface area (Å²) in [6.45, 7) is 2.84. The second-order valence-corrected chi connectivity index (χ2v) is 5.72. The highest BCUT2D eigenvalue weighted by atomic mass is 16.5. The van der Waals surface area contributed by atoms with Gasteiger partial charge in [0.1, 0.15) is 5.60 Å². The van der Waals surface area contributed by atoms with Crippen molar-refractivity contribution in [2.75, 3.05) is 6.61 Å². The first-order valence-corrected chi connectivity index (χ1v) is 7.23. The zero-order valence-electron chi connectivity index (χ0n) is 11.4. The molecule has 19 heavy (non-hydrogen) atoms. The lowest BCUT2D eigenvalue weighted by Crippen LogP contribution is -2.32. The van der Waals surface area contributed by atoms with Crippen LogP contribution in [0.4, 0.5) is 0 Å². The number of Topliss-reactive ketones (excluding diaryl/α,β-unsaturated/α-hetero) is 1. The second-order valence-electron chi connectivity index (χ2n) is 5.72. The second kappa shape index (κ2) is 5.00. The minimum absolute atomic E-state index is 0.189. The van der Waals surface area contributed by atoms with Crippen LogP contribution < -0.4 is 0 Å². The van der Waals surface area contributed by atoms with Gasteiger partial charge in [0.2, 0.25) is 0 Å². The summed E-state index contributed by atoms with van der Waals surface area (Å²) in [5, 5.41) is 0. The molecule has 1 aliphatic carbocycles. The molecule has 1 aliphatic heterocycles. The highest BCUT2D eigenvalue weighted by molar-refractivity contribution is 5.97. The summed E-state index contributed by atoms with van der Waals surface area (Å²) in [5.74, 6) is 0.939. The quantitative estimate of drug-likeness (QED) is 0.729. The van der Waals surface area contributed by atoms with Gasteiger partial charge in [-0.15, -0.1) is 0 Å². The molecule has 0 radical (unpaired) electrons. The molecule has 0 N–H and O–H groups in total. The van der Waals surface area contributed by atoms with Crippen molar-refractivity contribution in [3.05, 3.63) is 23.3 Å². The number of hydrogen-bond donors (Lipinski definition) is 0. The third-order valence-electron chi connectivity index (χ3n) is 4.18. The molecule has 102 valence electrons. The maximum atomic E-state index is 12.0. The fourth-order valence-electron chi connectivity index (χ4n) is 2.92. The summed E-state index contributed by atoms with van der Waals surface area (Å²) in [7, 11) is 0. The van der Waals surface area contributed by atoms with E-state index in [1.807, 2.05) is 0 Å². The molecule has 1 atom stereocenters. The first kappa shape index (κ1) is 12.7. The zero-order chi connectivity index (χ0) is 13.3. The average molecular weight is 260 g/mol. The van der Waals surface area contributed by atoms with Crippen molar-refractivity contribution in [3.63, 3.8) is 0 Å². The van der Waals surface area contributed by atoms with Gasteiger partial charge in [0, 0.05) is 19.2 Å². The lowest BCUT2D eigenvalue weighted by Gasteiger charge is -2.32. The van der Waals surface area contributed by atoms with Crippen molar-refractivity contribution >= 4 is 5.78 Å². The third-order valence-corrected chi connectivity index (χ3v) is 4.18. The molecule has 0 saturated carbocycles. The molecule has 4 heteroatoms. The van der Waals surface area contributed by atoms with Crippen LogP contribution in [0, 0.1) is 0 Å². The van der Waals surface area contributed by atoms with Gasteiger partial charge in [-0.25, -0.2) is 9.97 Å². The Morgan fingerprint density at radius 1 is 1.21 bits per heavy atom. The van der Waals surface area contributed by atoms with E-state index in [0.29, 0.717) is 6.42 Å². The van der Waals surface area contributed by atoms with Gasteiger partial charge in [-0.1, -0.05) is 0 Å². The average Bonchev–Trinajstić information content (AvgIpc) is 2.61. The van der Waals surface area contributed by atoms with Crippen molar-refractivity contribution in [1.29, 1.82) is 0 Å². The number of rotatable bonds is 1. The fourth-order valence-corrected chi connectivity index (χ4v) is 2.92. The van der Waals surface area contributed by atoms with E-state index in [-0.39, 0.29) is 11.4 Å². The van der Waals surface area contributed by atoms with Crippen molar-refractivity contribution < 1.29 is 9.53 Å². The number of carbonyl (C=O) groups excluding carboxylic acids is 1. The Morgan fingerprint density at radius 2 is 2.05 bits per heavy atom. The number of aromatic nitrogens is 2. The van der Waals surface area contributed by atoms with Crippen LogP contribution >= 0.6 is 0 Å². The Kier molecular flexibility index (Phi) is 3.35. The van der Waals surface area contributed by atoms with Gasteiger partial charge in [-0.05, 0) is 45.4 Å². The van der Waals surface area contributed by atoms with Crippen LogP contribution in [0.3, 0.4) is 0 Å². The van der Waals surface area contributed by atoms with E-state index in [0.717, 1.165) is 62.2 Å². The van der Waals surface area contributed by atoms with E-state index in [9.17, 15) is 4.79 Å². The fraction of sp³-hybridized carbons (Fsp3) is 0.667. The van der Waals surface area contributed by atoms with Crippen LogP contribution in [-0.2, 0) is 16.8 Å². The maximum Gasteiger partial charge on any atom is 0.166 e. The normalized spacial score (nSPS) is 27.7. The molecule has 2 aliphatic rings. The molecule has 1 unspecified atom stereocenters. The van der Waals surface area contributed by atoms with Crippen LogP contribution in [0.15, 0.2) is 6.20 Å². The minimum atomic E-state index is -0.372. The highest BCUT2D eigenvalue weighted by Crippen LogP contribution is 2.33. The molecule has 1 aromatic rings. The van der Waals surface area contributed by atoms with Crippen molar-refractivity contribution in [3.8, 4) is 0 Å². The minimum Gasteiger partial charge on any atom is -0.367 e. The van der Waals surface area contributed by atoms with E-state index in [1.54, 1.807) is 6.20 Å². The molecule has 0 aromatic carbocycles. The Balaban J connectivity index is 1.96. The Bertz CT molecular complexity index is 493. The number of aryl methyl sites for hydroxylation is 1. The largest absolute Gasteiger partial charge is 0.367 e. The van der Waals surface area contributed by atoms with Crippen molar-refractivity contribution in [2.24, 2.45) is 0 Å². The third kappa shape index (κ3) is 2.41. The van der Waals surface area contributed by atoms with Gasteiger partial charge in [-0.2, -0.15) is 0 Å². The first-order chi connectivity index (χ1) is 9.19. The summed E-state index contributed by atoms with van der Waals surface area (Å²) in [5.41, 5.74) is 1.27. The molecular formula is C15H20N2O2. The number of nitrogens with zero attached hydrogens (tertiary/aromatic N) is 2. The Labute approximate surface area is 113 Å². The van der Waals surface area contributed by atoms with Crippen LogP contribution in [0.25, 0.3) is 0 Å². The lowest BCUT2D eigenvalue weighted by atomic mass is 9.94. The van der Waals surface area contributed by atoms with Gasteiger partial charge >= 0.3 is 0 Å². The summed E-state index contributed by atoms with van der Waals surface area (Å²) in [4.78, 5) is 21.0. The molecule has 0 amide bonds.